The summed E-state index contributed by atoms with van der Waals surface area (Å²) in [6.45, 7) is 6.84. The van der Waals surface area contributed by atoms with Gasteiger partial charge in [0.15, 0.2) is 0 Å². The quantitative estimate of drug-likeness (QED) is 0.338. The van der Waals surface area contributed by atoms with E-state index in [2.05, 4.69) is 10.6 Å². The van der Waals surface area contributed by atoms with Gasteiger partial charge in [0.2, 0.25) is 5.91 Å². The molecule has 2 amide bonds. The Balaban J connectivity index is 1.71. The first-order chi connectivity index (χ1) is 18.0. The van der Waals surface area contributed by atoms with Crippen LogP contribution in [-0.4, -0.2) is 53.4 Å². The molecule has 1 aromatic heterocycles. The molecule has 0 bridgehead atoms. The highest BCUT2D eigenvalue weighted by molar-refractivity contribution is 5.93. The Bertz CT molecular complexity index is 1290. The lowest BCUT2D eigenvalue weighted by Gasteiger charge is -2.20. The number of carbonyl (C=O) groups is 4. The number of methoxy groups -OCH3 is 1. The molecular formula is C28H33N3O7. The van der Waals surface area contributed by atoms with Crippen molar-refractivity contribution < 1.29 is 33.4 Å². The largest absolute Gasteiger partial charge is 0.467 e. The molecule has 1 heterocycles. The van der Waals surface area contributed by atoms with E-state index in [-0.39, 0.29) is 13.0 Å². The van der Waals surface area contributed by atoms with Gasteiger partial charge in [-0.15, -0.1) is 0 Å². The van der Waals surface area contributed by atoms with Crippen molar-refractivity contribution in [3.63, 3.8) is 0 Å². The molecule has 2 aromatic carbocycles. The van der Waals surface area contributed by atoms with Crippen LogP contribution in [0.5, 0.6) is 0 Å². The minimum Gasteiger partial charge on any atom is -0.467 e. The Morgan fingerprint density at radius 2 is 1.61 bits per heavy atom. The summed E-state index contributed by atoms with van der Waals surface area (Å²) in [5.74, 6) is -1.28. The lowest BCUT2D eigenvalue weighted by molar-refractivity contribution is -0.145. The van der Waals surface area contributed by atoms with E-state index in [4.69, 9.17) is 14.2 Å². The molecule has 0 aliphatic heterocycles. The number of hydrogen-bond acceptors (Lipinski definition) is 7. The summed E-state index contributed by atoms with van der Waals surface area (Å²) in [6.07, 6.45) is 0.292. The maximum Gasteiger partial charge on any atom is 0.419 e. The number of hydrogen-bond donors (Lipinski definition) is 2. The van der Waals surface area contributed by atoms with Crippen LogP contribution in [0, 0.1) is 0 Å². The molecule has 10 nitrogen and oxygen atoms in total. The van der Waals surface area contributed by atoms with Crippen molar-refractivity contribution in [2.45, 2.75) is 58.4 Å². The van der Waals surface area contributed by atoms with Crippen molar-refractivity contribution in [2.24, 2.45) is 0 Å². The predicted octanol–water partition coefficient (Wildman–Crippen LogP) is 3.94. The molecule has 0 spiro atoms. The fourth-order valence-corrected chi connectivity index (χ4v) is 3.73. The van der Waals surface area contributed by atoms with Crippen LogP contribution < -0.4 is 10.6 Å². The smallest absolute Gasteiger partial charge is 0.419 e. The molecule has 10 heteroatoms. The molecule has 3 aromatic rings. The second-order valence-electron chi connectivity index (χ2n) is 9.74. The standard InChI is InChI=1S/C28H33N3O7/c1-18(29-26(34)37-17-19-11-7-6-8-12-19)24(32)30-22(25(33)36-5)15-20-16-31(27(35)38-28(2,3)4)23-14-10-9-13-21(20)23/h6-14,16,18,22H,15,17H2,1-5H3,(H,29,34)(H,30,32)/t18-,22-/m0/s1. The third kappa shape index (κ3) is 7.58. The Hall–Kier alpha value is -4.34. The van der Waals surface area contributed by atoms with Gasteiger partial charge in [0.05, 0.1) is 12.6 Å². The summed E-state index contributed by atoms with van der Waals surface area (Å²) in [5, 5.41) is 5.80. The maximum absolute atomic E-state index is 12.8. The van der Waals surface area contributed by atoms with Gasteiger partial charge in [-0.1, -0.05) is 48.5 Å². The summed E-state index contributed by atoms with van der Waals surface area (Å²) >= 11 is 0. The van der Waals surface area contributed by atoms with Crippen molar-refractivity contribution in [1.82, 2.24) is 15.2 Å². The molecule has 202 valence electrons. The zero-order chi connectivity index (χ0) is 27.9. The third-order valence-electron chi connectivity index (χ3n) is 5.55. The summed E-state index contributed by atoms with van der Waals surface area (Å²) in [5.41, 5.74) is 1.33. The molecule has 2 N–H and O–H groups in total. The van der Waals surface area contributed by atoms with Crippen LogP contribution in [0.3, 0.4) is 0 Å². The Labute approximate surface area is 221 Å². The van der Waals surface area contributed by atoms with E-state index in [1.165, 1.54) is 18.6 Å². The van der Waals surface area contributed by atoms with Gasteiger partial charge in [-0.3, -0.25) is 9.36 Å². The highest BCUT2D eigenvalue weighted by atomic mass is 16.6. The highest BCUT2D eigenvalue weighted by Crippen LogP contribution is 2.24. The molecule has 0 saturated heterocycles. The Morgan fingerprint density at radius 1 is 0.947 bits per heavy atom. The number of benzene rings is 2. The van der Waals surface area contributed by atoms with Gasteiger partial charge < -0.3 is 24.8 Å². The minimum atomic E-state index is -1.07. The molecule has 0 radical (unpaired) electrons. The van der Waals surface area contributed by atoms with Gasteiger partial charge in [0.1, 0.15) is 24.3 Å². The Kier molecular flexibility index (Phi) is 9.11. The molecule has 0 fully saturated rings. The number of amides is 2. The molecule has 0 aliphatic rings. The normalized spacial score (nSPS) is 12.8. The topological polar surface area (TPSA) is 125 Å². The first-order valence-corrected chi connectivity index (χ1v) is 12.2. The van der Waals surface area contributed by atoms with Crippen LogP contribution >= 0.6 is 0 Å². The molecule has 2 atom stereocenters. The van der Waals surface area contributed by atoms with E-state index < -0.39 is 41.7 Å². The van der Waals surface area contributed by atoms with Gasteiger partial charge in [-0.05, 0) is 44.9 Å². The number of aromatic nitrogens is 1. The van der Waals surface area contributed by atoms with E-state index in [1.54, 1.807) is 39.1 Å². The van der Waals surface area contributed by atoms with Crippen molar-refractivity contribution in [1.29, 1.82) is 0 Å². The van der Waals surface area contributed by atoms with Crippen molar-refractivity contribution >= 4 is 35.0 Å². The summed E-state index contributed by atoms with van der Waals surface area (Å²) < 4.78 is 16.9. The predicted molar refractivity (Wildman–Crippen MR) is 140 cm³/mol. The number of esters is 1. The fourth-order valence-electron chi connectivity index (χ4n) is 3.73. The molecule has 3 rings (SSSR count). The van der Waals surface area contributed by atoms with E-state index in [0.29, 0.717) is 11.1 Å². The summed E-state index contributed by atoms with van der Waals surface area (Å²) in [7, 11) is 1.22. The average Bonchev–Trinajstić information content (AvgIpc) is 3.24. The van der Waals surface area contributed by atoms with Gasteiger partial charge in [-0.2, -0.15) is 0 Å². The number of ether oxygens (including phenoxy) is 3. The zero-order valence-electron chi connectivity index (χ0n) is 22.1. The second-order valence-corrected chi connectivity index (χ2v) is 9.74. The molecule has 0 saturated carbocycles. The average molecular weight is 524 g/mol. The number of rotatable bonds is 8. The van der Waals surface area contributed by atoms with E-state index >= 15 is 0 Å². The van der Waals surface area contributed by atoms with Gasteiger partial charge in [-0.25, -0.2) is 14.4 Å². The number of nitrogens with zero attached hydrogens (tertiary/aromatic N) is 1. The fraction of sp³-hybridized carbons (Fsp3) is 0.357. The first-order valence-electron chi connectivity index (χ1n) is 12.2. The SMILES string of the molecule is COC(=O)[C@H](Cc1cn(C(=O)OC(C)(C)C)c2ccccc12)NC(=O)[C@H](C)NC(=O)OCc1ccccc1. The minimum absolute atomic E-state index is 0.0416. The summed E-state index contributed by atoms with van der Waals surface area (Å²) in [4.78, 5) is 50.4. The number of nitrogens with one attached hydrogen (secondary N) is 2. The monoisotopic (exact) mass is 523 g/mol. The van der Waals surface area contributed by atoms with Crippen LogP contribution in [0.25, 0.3) is 10.9 Å². The maximum atomic E-state index is 12.8. The lowest BCUT2D eigenvalue weighted by Crippen LogP contribution is -2.51. The molecular weight excluding hydrogens is 490 g/mol. The second kappa shape index (κ2) is 12.3. The van der Waals surface area contributed by atoms with Gasteiger partial charge in [0, 0.05) is 18.0 Å². The van der Waals surface area contributed by atoms with Crippen molar-refractivity contribution in [3.05, 3.63) is 71.9 Å². The molecule has 0 aliphatic carbocycles. The van der Waals surface area contributed by atoms with Crippen molar-refractivity contribution in [2.75, 3.05) is 7.11 Å². The van der Waals surface area contributed by atoms with Crippen LogP contribution in [0.2, 0.25) is 0 Å². The van der Waals surface area contributed by atoms with Crippen LogP contribution in [0.15, 0.2) is 60.8 Å². The van der Waals surface area contributed by atoms with E-state index in [9.17, 15) is 19.2 Å². The summed E-state index contributed by atoms with van der Waals surface area (Å²) in [6, 6.07) is 14.2. The van der Waals surface area contributed by atoms with E-state index in [1.807, 2.05) is 42.5 Å². The Morgan fingerprint density at radius 3 is 2.26 bits per heavy atom. The van der Waals surface area contributed by atoms with E-state index in [0.717, 1.165) is 10.9 Å². The number of fused-ring (bicyclic) bond motifs is 1. The molecule has 38 heavy (non-hydrogen) atoms. The van der Waals surface area contributed by atoms with Crippen molar-refractivity contribution in [3.8, 4) is 0 Å². The third-order valence-corrected chi connectivity index (χ3v) is 5.55. The highest BCUT2D eigenvalue weighted by Gasteiger charge is 2.28. The lowest BCUT2D eigenvalue weighted by atomic mass is 10.0. The number of carbonyl (C=O) groups excluding carboxylic acids is 4. The number of para-hydroxylation sites is 1. The first kappa shape index (κ1) is 28.2. The van der Waals surface area contributed by atoms with Crippen LogP contribution in [0.4, 0.5) is 9.59 Å². The van der Waals surface area contributed by atoms with Crippen LogP contribution in [0.1, 0.15) is 38.8 Å². The molecule has 0 unspecified atom stereocenters. The van der Waals surface area contributed by atoms with Gasteiger partial charge >= 0.3 is 18.2 Å². The number of alkyl carbamates (subject to hydrolysis) is 1. The zero-order valence-corrected chi connectivity index (χ0v) is 22.1. The van der Waals surface area contributed by atoms with Gasteiger partial charge in [0.25, 0.3) is 0 Å². The van der Waals surface area contributed by atoms with Crippen LogP contribution in [-0.2, 0) is 36.8 Å².